The second-order valence-corrected chi connectivity index (χ2v) is 7.66. The van der Waals surface area contributed by atoms with E-state index in [0.717, 1.165) is 52.1 Å². The van der Waals surface area contributed by atoms with Crippen molar-refractivity contribution in [3.63, 3.8) is 0 Å². The Morgan fingerprint density at radius 3 is 2.35 bits per heavy atom. The number of benzene rings is 1. The van der Waals surface area contributed by atoms with Crippen LogP contribution in [0.3, 0.4) is 0 Å². The maximum atomic E-state index is 12.6. The van der Waals surface area contributed by atoms with Gasteiger partial charge in [0.15, 0.2) is 0 Å². The number of halogens is 2. The fourth-order valence-corrected chi connectivity index (χ4v) is 3.89. The van der Waals surface area contributed by atoms with Gasteiger partial charge in [-0.25, -0.2) is 0 Å². The number of likely N-dealkylation sites (tertiary alicyclic amines) is 1. The molecule has 2 saturated heterocycles. The predicted octanol–water partition coefficient (Wildman–Crippen LogP) is 3.06. The van der Waals surface area contributed by atoms with Gasteiger partial charge in [-0.05, 0) is 50.4 Å². The van der Waals surface area contributed by atoms with Crippen molar-refractivity contribution in [2.24, 2.45) is 17.8 Å². The average molecular weight is 402 g/mol. The van der Waals surface area contributed by atoms with Gasteiger partial charge in [0.2, 0.25) is 5.91 Å². The van der Waals surface area contributed by atoms with Crippen LogP contribution in [0.1, 0.15) is 25.3 Å². The maximum Gasteiger partial charge on any atom is 0.225 e. The number of piperidine rings is 1. The molecule has 1 atom stereocenters. The van der Waals surface area contributed by atoms with Gasteiger partial charge in [0.25, 0.3) is 0 Å². The molecule has 1 unspecified atom stereocenters. The molecule has 2 fully saturated rings. The predicted molar refractivity (Wildman–Crippen MR) is 112 cm³/mol. The Kier molecular flexibility index (Phi) is 9.94. The number of hydrogen-bond acceptors (Lipinski definition) is 3. The zero-order valence-electron chi connectivity index (χ0n) is 15.9. The minimum Gasteiger partial charge on any atom is -0.342 e. The molecule has 4 nitrogen and oxygen atoms in total. The standard InChI is InChI=1S/C20H31N3O.2ClH/c1-16(19-12-21-13-19)20(24)23-10-8-18(9-11-23)15-22(2)14-17-6-4-3-5-7-17;;/h3-7,16,18-19,21H,8-15H2,1-2H3;2*1H. The Hall–Kier alpha value is -0.810. The zero-order valence-corrected chi connectivity index (χ0v) is 17.5. The minimum absolute atomic E-state index is 0. The number of amides is 1. The van der Waals surface area contributed by atoms with Crippen LogP contribution in [0, 0.1) is 17.8 Å². The van der Waals surface area contributed by atoms with Crippen LogP contribution in [0.2, 0.25) is 0 Å². The van der Waals surface area contributed by atoms with Gasteiger partial charge in [-0.1, -0.05) is 37.3 Å². The SMILES string of the molecule is CC(C(=O)N1CCC(CN(C)Cc2ccccc2)CC1)C1CNC1.Cl.Cl. The molecule has 1 aromatic carbocycles. The molecule has 0 aliphatic carbocycles. The highest BCUT2D eigenvalue weighted by atomic mass is 35.5. The Labute approximate surface area is 170 Å². The van der Waals surface area contributed by atoms with Crippen LogP contribution in [0.5, 0.6) is 0 Å². The van der Waals surface area contributed by atoms with E-state index >= 15 is 0 Å². The lowest BCUT2D eigenvalue weighted by atomic mass is 9.87. The topological polar surface area (TPSA) is 35.6 Å². The second kappa shape index (κ2) is 11.1. The van der Waals surface area contributed by atoms with Gasteiger partial charge >= 0.3 is 0 Å². The molecule has 1 N–H and O–H groups in total. The van der Waals surface area contributed by atoms with Gasteiger partial charge in [-0.15, -0.1) is 24.8 Å². The summed E-state index contributed by atoms with van der Waals surface area (Å²) in [6.45, 7) is 8.12. The van der Waals surface area contributed by atoms with Gasteiger partial charge in [-0.2, -0.15) is 0 Å². The molecule has 2 aliphatic rings. The van der Waals surface area contributed by atoms with Gasteiger partial charge in [-0.3, -0.25) is 4.79 Å². The van der Waals surface area contributed by atoms with Crippen LogP contribution < -0.4 is 5.32 Å². The Morgan fingerprint density at radius 1 is 1.19 bits per heavy atom. The van der Waals surface area contributed by atoms with E-state index in [4.69, 9.17) is 0 Å². The summed E-state index contributed by atoms with van der Waals surface area (Å²) in [7, 11) is 2.20. The van der Waals surface area contributed by atoms with Gasteiger partial charge in [0.1, 0.15) is 0 Å². The first-order valence-electron chi connectivity index (χ1n) is 9.35. The summed E-state index contributed by atoms with van der Waals surface area (Å²) in [4.78, 5) is 17.1. The fourth-order valence-electron chi connectivity index (χ4n) is 3.89. The molecule has 2 heterocycles. The lowest BCUT2D eigenvalue weighted by Gasteiger charge is -2.38. The number of rotatable bonds is 6. The highest BCUT2D eigenvalue weighted by molar-refractivity contribution is 5.85. The third-order valence-electron chi connectivity index (χ3n) is 5.70. The molecule has 0 bridgehead atoms. The van der Waals surface area contributed by atoms with Crippen molar-refractivity contribution in [3.8, 4) is 0 Å². The lowest BCUT2D eigenvalue weighted by Crippen LogP contribution is -2.51. The summed E-state index contributed by atoms with van der Waals surface area (Å²) in [5.41, 5.74) is 1.37. The number of carbonyl (C=O) groups is 1. The first-order chi connectivity index (χ1) is 11.6. The normalized spacial score (nSPS) is 19.3. The summed E-state index contributed by atoms with van der Waals surface area (Å²) >= 11 is 0. The number of carbonyl (C=O) groups excluding carboxylic acids is 1. The summed E-state index contributed by atoms with van der Waals surface area (Å²) < 4.78 is 0. The van der Waals surface area contributed by atoms with Gasteiger partial charge < -0.3 is 15.1 Å². The molecule has 0 spiro atoms. The first kappa shape index (κ1) is 23.2. The van der Waals surface area contributed by atoms with Crippen LogP contribution in [-0.2, 0) is 11.3 Å². The van der Waals surface area contributed by atoms with E-state index in [9.17, 15) is 4.79 Å². The Balaban J connectivity index is 0.00000169. The third-order valence-corrected chi connectivity index (χ3v) is 5.70. The average Bonchev–Trinajstić information content (AvgIpc) is 2.54. The highest BCUT2D eigenvalue weighted by Gasteiger charge is 2.33. The zero-order chi connectivity index (χ0) is 16.9. The van der Waals surface area contributed by atoms with E-state index in [1.54, 1.807) is 0 Å². The van der Waals surface area contributed by atoms with E-state index in [1.165, 1.54) is 5.56 Å². The summed E-state index contributed by atoms with van der Waals surface area (Å²) in [5.74, 6) is 1.82. The summed E-state index contributed by atoms with van der Waals surface area (Å²) in [6.07, 6.45) is 2.28. The number of nitrogens with zero attached hydrogens (tertiary/aromatic N) is 2. The van der Waals surface area contributed by atoms with Crippen molar-refractivity contribution in [2.75, 3.05) is 39.8 Å². The van der Waals surface area contributed by atoms with E-state index in [0.29, 0.717) is 17.7 Å². The molecular weight excluding hydrogens is 369 g/mol. The Bertz CT molecular complexity index is 531. The van der Waals surface area contributed by atoms with Crippen LogP contribution in [0.25, 0.3) is 0 Å². The molecule has 148 valence electrons. The van der Waals surface area contributed by atoms with E-state index in [2.05, 4.69) is 59.4 Å². The van der Waals surface area contributed by atoms with Crippen molar-refractivity contribution in [3.05, 3.63) is 35.9 Å². The van der Waals surface area contributed by atoms with Crippen molar-refractivity contribution >= 4 is 30.7 Å². The maximum absolute atomic E-state index is 12.6. The summed E-state index contributed by atoms with van der Waals surface area (Å²) in [5, 5.41) is 3.27. The molecule has 0 radical (unpaired) electrons. The third kappa shape index (κ3) is 6.12. The first-order valence-corrected chi connectivity index (χ1v) is 9.35. The minimum atomic E-state index is 0. The van der Waals surface area contributed by atoms with Crippen LogP contribution in [0.15, 0.2) is 30.3 Å². The number of nitrogens with one attached hydrogen (secondary N) is 1. The van der Waals surface area contributed by atoms with Crippen LogP contribution in [0.4, 0.5) is 0 Å². The molecule has 0 saturated carbocycles. The largest absolute Gasteiger partial charge is 0.342 e. The fraction of sp³-hybridized carbons (Fsp3) is 0.650. The van der Waals surface area contributed by atoms with E-state index < -0.39 is 0 Å². The molecule has 1 aromatic rings. The van der Waals surface area contributed by atoms with Crippen molar-refractivity contribution in [2.45, 2.75) is 26.3 Å². The second-order valence-electron chi connectivity index (χ2n) is 7.66. The lowest BCUT2D eigenvalue weighted by molar-refractivity contribution is -0.138. The number of hydrogen-bond donors (Lipinski definition) is 1. The highest BCUT2D eigenvalue weighted by Crippen LogP contribution is 2.23. The van der Waals surface area contributed by atoms with Crippen molar-refractivity contribution < 1.29 is 4.79 Å². The smallest absolute Gasteiger partial charge is 0.225 e. The monoisotopic (exact) mass is 401 g/mol. The van der Waals surface area contributed by atoms with E-state index in [-0.39, 0.29) is 30.7 Å². The van der Waals surface area contributed by atoms with Crippen LogP contribution in [-0.4, -0.2) is 55.5 Å². The molecule has 6 heteroatoms. The molecule has 3 rings (SSSR count). The van der Waals surface area contributed by atoms with Gasteiger partial charge in [0, 0.05) is 32.1 Å². The molecule has 0 aromatic heterocycles. The van der Waals surface area contributed by atoms with Crippen LogP contribution >= 0.6 is 24.8 Å². The molecule has 1 amide bonds. The Morgan fingerprint density at radius 2 is 1.81 bits per heavy atom. The molecular formula is C20H33Cl2N3O. The van der Waals surface area contributed by atoms with Crippen molar-refractivity contribution in [1.82, 2.24) is 15.1 Å². The molecule has 2 aliphatic heterocycles. The van der Waals surface area contributed by atoms with E-state index in [1.807, 2.05) is 0 Å². The summed E-state index contributed by atoms with van der Waals surface area (Å²) in [6, 6.07) is 10.7. The van der Waals surface area contributed by atoms with Gasteiger partial charge in [0.05, 0.1) is 0 Å². The quantitative estimate of drug-likeness (QED) is 0.795. The molecule has 26 heavy (non-hydrogen) atoms. The van der Waals surface area contributed by atoms with Crippen molar-refractivity contribution in [1.29, 1.82) is 0 Å².